The zero-order valence-corrected chi connectivity index (χ0v) is 12.4. The molecule has 3 nitrogen and oxygen atoms in total. The van der Waals surface area contributed by atoms with E-state index in [4.69, 9.17) is 0 Å². The molecule has 110 valence electrons. The van der Waals surface area contributed by atoms with Crippen LogP contribution in [0.3, 0.4) is 0 Å². The summed E-state index contributed by atoms with van der Waals surface area (Å²) < 4.78 is 0. The summed E-state index contributed by atoms with van der Waals surface area (Å²) in [5.74, 6) is 0.534. The van der Waals surface area contributed by atoms with Crippen molar-refractivity contribution in [1.29, 1.82) is 0 Å². The number of nitrogens with zero attached hydrogens (tertiary/aromatic N) is 2. The van der Waals surface area contributed by atoms with Crippen molar-refractivity contribution in [2.75, 3.05) is 26.2 Å². The molecule has 4 atom stereocenters. The van der Waals surface area contributed by atoms with E-state index in [2.05, 4.69) is 16.7 Å². The van der Waals surface area contributed by atoms with E-state index >= 15 is 0 Å². The molecule has 19 heavy (non-hydrogen) atoms. The summed E-state index contributed by atoms with van der Waals surface area (Å²) in [7, 11) is 0. The average Bonchev–Trinajstić information content (AvgIpc) is 2.42. The molecule has 4 unspecified atom stereocenters. The van der Waals surface area contributed by atoms with Crippen molar-refractivity contribution in [3.8, 4) is 0 Å². The molecule has 1 N–H and O–H groups in total. The van der Waals surface area contributed by atoms with Gasteiger partial charge in [0.2, 0.25) is 0 Å². The zero-order chi connectivity index (χ0) is 13.2. The first kappa shape index (κ1) is 13.8. The van der Waals surface area contributed by atoms with Crippen LogP contribution < -0.4 is 0 Å². The molecule has 2 saturated heterocycles. The van der Waals surface area contributed by atoms with Gasteiger partial charge in [0.05, 0.1) is 6.10 Å². The van der Waals surface area contributed by atoms with E-state index in [1.807, 2.05) is 0 Å². The van der Waals surface area contributed by atoms with Gasteiger partial charge in [-0.25, -0.2) is 0 Å². The molecular formula is C16H30N2O. The molecule has 3 heteroatoms. The van der Waals surface area contributed by atoms with E-state index in [1.54, 1.807) is 0 Å². The fourth-order valence-electron chi connectivity index (χ4n) is 4.37. The number of fused-ring (bicyclic) bond motifs is 1. The Bertz CT molecular complexity index is 296. The Morgan fingerprint density at radius 1 is 1.00 bits per heavy atom. The van der Waals surface area contributed by atoms with E-state index < -0.39 is 0 Å². The van der Waals surface area contributed by atoms with E-state index in [1.165, 1.54) is 58.2 Å². The molecular weight excluding hydrogens is 236 g/mol. The zero-order valence-electron chi connectivity index (χ0n) is 12.4. The molecule has 0 aromatic heterocycles. The van der Waals surface area contributed by atoms with Crippen LogP contribution in [0.2, 0.25) is 0 Å². The highest BCUT2D eigenvalue weighted by Crippen LogP contribution is 2.29. The van der Waals surface area contributed by atoms with Crippen molar-refractivity contribution in [2.45, 2.75) is 70.1 Å². The van der Waals surface area contributed by atoms with Gasteiger partial charge in [0.25, 0.3) is 0 Å². The fourth-order valence-corrected chi connectivity index (χ4v) is 4.37. The SMILES string of the molecule is CC1CN2CCCCC2CN1CC1CCCCC1O. The van der Waals surface area contributed by atoms with Crippen molar-refractivity contribution < 1.29 is 5.11 Å². The first-order valence-electron chi connectivity index (χ1n) is 8.40. The van der Waals surface area contributed by atoms with Crippen molar-refractivity contribution in [1.82, 2.24) is 9.80 Å². The Labute approximate surface area is 118 Å². The third-order valence-electron chi connectivity index (χ3n) is 5.65. The lowest BCUT2D eigenvalue weighted by Gasteiger charge is -2.49. The van der Waals surface area contributed by atoms with Gasteiger partial charge in [-0.3, -0.25) is 9.80 Å². The van der Waals surface area contributed by atoms with Crippen LogP contribution >= 0.6 is 0 Å². The maximum absolute atomic E-state index is 10.2. The Morgan fingerprint density at radius 3 is 2.63 bits per heavy atom. The number of hydrogen-bond acceptors (Lipinski definition) is 3. The van der Waals surface area contributed by atoms with Crippen LogP contribution in [0.15, 0.2) is 0 Å². The first-order chi connectivity index (χ1) is 9.24. The number of hydrogen-bond donors (Lipinski definition) is 1. The third kappa shape index (κ3) is 3.14. The van der Waals surface area contributed by atoms with Crippen molar-refractivity contribution >= 4 is 0 Å². The van der Waals surface area contributed by atoms with Crippen LogP contribution in [0.4, 0.5) is 0 Å². The van der Waals surface area contributed by atoms with Crippen LogP contribution in [-0.2, 0) is 0 Å². The molecule has 3 fully saturated rings. The maximum atomic E-state index is 10.2. The lowest BCUT2D eigenvalue weighted by molar-refractivity contribution is -0.0169. The second kappa shape index (κ2) is 6.11. The second-order valence-corrected chi connectivity index (χ2v) is 7.06. The van der Waals surface area contributed by atoms with Gasteiger partial charge in [-0.2, -0.15) is 0 Å². The van der Waals surface area contributed by atoms with Crippen molar-refractivity contribution in [3.63, 3.8) is 0 Å². The Hall–Kier alpha value is -0.120. The molecule has 0 spiro atoms. The average molecular weight is 266 g/mol. The van der Waals surface area contributed by atoms with Gasteiger partial charge in [0.1, 0.15) is 0 Å². The van der Waals surface area contributed by atoms with Gasteiger partial charge in [-0.15, -0.1) is 0 Å². The van der Waals surface area contributed by atoms with E-state index in [0.717, 1.165) is 19.0 Å². The Kier molecular flexibility index (Phi) is 4.45. The number of piperazine rings is 1. The van der Waals surface area contributed by atoms with Gasteiger partial charge in [0.15, 0.2) is 0 Å². The predicted molar refractivity (Wildman–Crippen MR) is 78.2 cm³/mol. The van der Waals surface area contributed by atoms with Gasteiger partial charge < -0.3 is 5.11 Å². The lowest BCUT2D eigenvalue weighted by atomic mass is 9.85. The summed E-state index contributed by atoms with van der Waals surface area (Å²) >= 11 is 0. The van der Waals surface area contributed by atoms with Crippen LogP contribution in [0.5, 0.6) is 0 Å². The predicted octanol–water partition coefficient (Wildman–Crippen LogP) is 2.10. The van der Waals surface area contributed by atoms with Gasteiger partial charge in [-0.1, -0.05) is 19.3 Å². The summed E-state index contributed by atoms with van der Waals surface area (Å²) in [6.07, 6.45) is 8.96. The first-order valence-corrected chi connectivity index (χ1v) is 8.40. The molecule has 0 bridgehead atoms. The minimum atomic E-state index is -0.0367. The van der Waals surface area contributed by atoms with Crippen molar-refractivity contribution in [2.24, 2.45) is 5.92 Å². The summed E-state index contributed by atoms with van der Waals surface area (Å²) in [5.41, 5.74) is 0. The quantitative estimate of drug-likeness (QED) is 0.829. The fraction of sp³-hybridized carbons (Fsp3) is 1.00. The maximum Gasteiger partial charge on any atom is 0.0580 e. The normalized spacial score (nSPS) is 42.0. The summed E-state index contributed by atoms with van der Waals surface area (Å²) in [6, 6.07) is 1.47. The van der Waals surface area contributed by atoms with Crippen molar-refractivity contribution in [3.05, 3.63) is 0 Å². The lowest BCUT2D eigenvalue weighted by Crippen LogP contribution is -2.59. The smallest absolute Gasteiger partial charge is 0.0580 e. The molecule has 0 amide bonds. The minimum absolute atomic E-state index is 0.0367. The molecule has 0 aromatic carbocycles. The highest BCUT2D eigenvalue weighted by atomic mass is 16.3. The molecule has 2 aliphatic heterocycles. The molecule has 3 aliphatic rings. The van der Waals surface area contributed by atoms with E-state index in [9.17, 15) is 5.11 Å². The Morgan fingerprint density at radius 2 is 1.79 bits per heavy atom. The Balaban J connectivity index is 1.57. The highest BCUT2D eigenvalue weighted by Gasteiger charge is 2.35. The molecule has 0 radical (unpaired) electrons. The monoisotopic (exact) mass is 266 g/mol. The molecule has 1 aliphatic carbocycles. The number of rotatable bonds is 2. The molecule has 3 rings (SSSR count). The molecule has 2 heterocycles. The minimum Gasteiger partial charge on any atom is -0.393 e. The largest absolute Gasteiger partial charge is 0.393 e. The van der Waals surface area contributed by atoms with Crippen LogP contribution in [0.1, 0.15) is 51.9 Å². The van der Waals surface area contributed by atoms with Gasteiger partial charge in [-0.05, 0) is 45.1 Å². The standard InChI is InChI=1S/C16H30N2O/c1-13-10-17-9-5-4-7-15(17)12-18(13)11-14-6-2-3-8-16(14)19/h13-16,19H,2-12H2,1H3. The number of aliphatic hydroxyl groups is 1. The molecule has 0 aromatic rings. The molecule has 1 saturated carbocycles. The van der Waals surface area contributed by atoms with E-state index in [-0.39, 0.29) is 6.10 Å². The summed E-state index contributed by atoms with van der Waals surface area (Å²) in [5, 5.41) is 10.2. The van der Waals surface area contributed by atoms with Gasteiger partial charge >= 0.3 is 0 Å². The van der Waals surface area contributed by atoms with Crippen LogP contribution in [-0.4, -0.2) is 59.3 Å². The number of piperidine rings is 1. The topological polar surface area (TPSA) is 26.7 Å². The third-order valence-corrected chi connectivity index (χ3v) is 5.65. The second-order valence-electron chi connectivity index (χ2n) is 7.06. The van der Waals surface area contributed by atoms with Crippen LogP contribution in [0, 0.1) is 5.92 Å². The van der Waals surface area contributed by atoms with Gasteiger partial charge in [0, 0.05) is 31.7 Å². The highest BCUT2D eigenvalue weighted by molar-refractivity contribution is 4.90. The summed E-state index contributed by atoms with van der Waals surface area (Å²) in [4.78, 5) is 5.38. The summed E-state index contributed by atoms with van der Waals surface area (Å²) in [6.45, 7) is 7.31. The number of aliphatic hydroxyl groups excluding tert-OH is 1. The van der Waals surface area contributed by atoms with Crippen LogP contribution in [0.25, 0.3) is 0 Å². The van der Waals surface area contributed by atoms with E-state index in [0.29, 0.717) is 12.0 Å².